The molecule has 0 aromatic rings. The highest BCUT2D eigenvalue weighted by atomic mass is 79.9. The molecule has 0 aliphatic heterocycles. The van der Waals surface area contributed by atoms with Gasteiger partial charge in [0.25, 0.3) is 0 Å². The first-order valence-corrected chi connectivity index (χ1v) is 8.06. The molecular formula is C14H28BrNO. The minimum atomic E-state index is 0.229. The van der Waals surface area contributed by atoms with Crippen molar-refractivity contribution in [2.24, 2.45) is 5.92 Å². The van der Waals surface area contributed by atoms with Crippen molar-refractivity contribution in [3.63, 3.8) is 0 Å². The number of nitrogens with zero attached hydrogens (tertiary/aromatic N) is 1. The molecule has 0 radical (unpaired) electrons. The van der Waals surface area contributed by atoms with Crippen LogP contribution in [0.25, 0.3) is 0 Å². The Bertz CT molecular complexity index is 206. The van der Waals surface area contributed by atoms with Crippen molar-refractivity contribution < 1.29 is 4.79 Å². The molecule has 17 heavy (non-hydrogen) atoms. The maximum Gasteiger partial charge on any atom is 0.225 e. The van der Waals surface area contributed by atoms with Crippen molar-refractivity contribution >= 4 is 21.8 Å². The second-order valence-electron chi connectivity index (χ2n) is 4.92. The van der Waals surface area contributed by atoms with E-state index in [4.69, 9.17) is 0 Å². The summed E-state index contributed by atoms with van der Waals surface area (Å²) in [4.78, 5) is 14.5. The molecule has 0 rings (SSSR count). The van der Waals surface area contributed by atoms with Gasteiger partial charge in [0.2, 0.25) is 5.91 Å². The standard InChI is InChI=1S/C14H28BrNO/c1-5-7-9-13(6-2)14(17)16(12(3)4)11-8-10-15/h12-13H,5-11H2,1-4H3. The molecule has 0 heterocycles. The zero-order valence-corrected chi connectivity index (χ0v) is 13.4. The third kappa shape index (κ3) is 6.44. The van der Waals surface area contributed by atoms with Gasteiger partial charge in [0.05, 0.1) is 0 Å². The fourth-order valence-electron chi connectivity index (χ4n) is 2.04. The van der Waals surface area contributed by atoms with Gasteiger partial charge in [-0.3, -0.25) is 4.79 Å². The van der Waals surface area contributed by atoms with Crippen LogP contribution >= 0.6 is 15.9 Å². The van der Waals surface area contributed by atoms with Gasteiger partial charge < -0.3 is 4.90 Å². The van der Waals surface area contributed by atoms with Crippen LogP contribution in [0.3, 0.4) is 0 Å². The maximum atomic E-state index is 12.4. The molecular weight excluding hydrogens is 278 g/mol. The Morgan fingerprint density at radius 2 is 1.88 bits per heavy atom. The zero-order chi connectivity index (χ0) is 13.3. The molecule has 0 fully saturated rings. The molecule has 3 heteroatoms. The lowest BCUT2D eigenvalue weighted by atomic mass is 9.97. The van der Waals surface area contributed by atoms with Crippen LogP contribution in [0.4, 0.5) is 0 Å². The number of halogens is 1. The van der Waals surface area contributed by atoms with Crippen LogP contribution in [0.1, 0.15) is 59.8 Å². The van der Waals surface area contributed by atoms with E-state index in [1.54, 1.807) is 0 Å². The van der Waals surface area contributed by atoms with Crippen LogP contribution in [0.5, 0.6) is 0 Å². The average Bonchev–Trinajstić information content (AvgIpc) is 2.30. The highest BCUT2D eigenvalue weighted by molar-refractivity contribution is 9.09. The van der Waals surface area contributed by atoms with Crippen molar-refractivity contribution in [2.75, 3.05) is 11.9 Å². The smallest absolute Gasteiger partial charge is 0.225 e. The topological polar surface area (TPSA) is 20.3 Å². The molecule has 102 valence electrons. The lowest BCUT2D eigenvalue weighted by molar-refractivity contribution is -0.137. The van der Waals surface area contributed by atoms with E-state index < -0.39 is 0 Å². The van der Waals surface area contributed by atoms with E-state index in [0.717, 1.165) is 37.6 Å². The molecule has 2 nitrogen and oxygen atoms in total. The van der Waals surface area contributed by atoms with E-state index in [0.29, 0.717) is 11.9 Å². The predicted molar refractivity (Wildman–Crippen MR) is 78.6 cm³/mol. The molecule has 0 aliphatic rings. The Kier molecular flexibility index (Phi) is 9.90. The molecule has 1 amide bonds. The van der Waals surface area contributed by atoms with Gasteiger partial charge in [0.1, 0.15) is 0 Å². The van der Waals surface area contributed by atoms with Crippen molar-refractivity contribution in [3.05, 3.63) is 0 Å². The van der Waals surface area contributed by atoms with E-state index in [-0.39, 0.29) is 5.92 Å². The number of carbonyl (C=O) groups excluding carboxylic acids is 1. The lowest BCUT2D eigenvalue weighted by Crippen LogP contribution is -2.41. The van der Waals surface area contributed by atoms with Crippen LogP contribution in [0.15, 0.2) is 0 Å². The molecule has 1 unspecified atom stereocenters. The number of unbranched alkanes of at least 4 members (excludes halogenated alkanes) is 1. The Labute approximate surface area is 115 Å². The average molecular weight is 306 g/mol. The van der Waals surface area contributed by atoms with Crippen molar-refractivity contribution in [3.8, 4) is 0 Å². The van der Waals surface area contributed by atoms with Gasteiger partial charge in [-0.25, -0.2) is 0 Å². The summed E-state index contributed by atoms with van der Waals surface area (Å²) in [7, 11) is 0. The minimum absolute atomic E-state index is 0.229. The number of amides is 1. The summed E-state index contributed by atoms with van der Waals surface area (Å²) < 4.78 is 0. The molecule has 0 aromatic carbocycles. The highest BCUT2D eigenvalue weighted by Gasteiger charge is 2.23. The molecule has 0 N–H and O–H groups in total. The quantitative estimate of drug-likeness (QED) is 0.584. The number of hydrogen-bond acceptors (Lipinski definition) is 1. The molecule has 0 spiro atoms. The Hall–Kier alpha value is -0.0500. The number of alkyl halides is 1. The third-order valence-corrected chi connectivity index (χ3v) is 3.75. The maximum absolute atomic E-state index is 12.4. The van der Waals surface area contributed by atoms with Crippen LogP contribution in [0.2, 0.25) is 0 Å². The third-order valence-electron chi connectivity index (χ3n) is 3.19. The van der Waals surface area contributed by atoms with E-state index in [9.17, 15) is 4.79 Å². The number of rotatable bonds is 9. The first-order chi connectivity index (χ1) is 8.08. The van der Waals surface area contributed by atoms with Crippen molar-refractivity contribution in [2.45, 2.75) is 65.8 Å². The van der Waals surface area contributed by atoms with E-state index in [1.165, 1.54) is 6.42 Å². The Morgan fingerprint density at radius 1 is 1.24 bits per heavy atom. The minimum Gasteiger partial charge on any atom is -0.340 e. The molecule has 0 saturated carbocycles. The van der Waals surface area contributed by atoms with Crippen LogP contribution < -0.4 is 0 Å². The number of hydrogen-bond donors (Lipinski definition) is 0. The van der Waals surface area contributed by atoms with Gasteiger partial charge in [-0.2, -0.15) is 0 Å². The molecule has 0 aliphatic carbocycles. The highest BCUT2D eigenvalue weighted by Crippen LogP contribution is 2.17. The normalized spacial score (nSPS) is 12.8. The van der Waals surface area contributed by atoms with Gasteiger partial charge >= 0.3 is 0 Å². The summed E-state index contributed by atoms with van der Waals surface area (Å²) in [6.45, 7) is 9.41. The monoisotopic (exact) mass is 305 g/mol. The number of carbonyl (C=O) groups is 1. The Morgan fingerprint density at radius 3 is 2.29 bits per heavy atom. The van der Waals surface area contributed by atoms with Gasteiger partial charge in [-0.1, -0.05) is 42.6 Å². The first-order valence-electron chi connectivity index (χ1n) is 6.94. The zero-order valence-electron chi connectivity index (χ0n) is 11.8. The second-order valence-corrected chi connectivity index (χ2v) is 5.71. The Balaban J connectivity index is 4.44. The summed E-state index contributed by atoms with van der Waals surface area (Å²) in [5, 5.41) is 0.968. The van der Waals surface area contributed by atoms with Gasteiger partial charge in [0, 0.05) is 23.8 Å². The molecule has 1 atom stereocenters. The first kappa shape index (κ1) is 16.9. The second kappa shape index (κ2) is 9.93. The summed E-state index contributed by atoms with van der Waals surface area (Å²) in [6.07, 6.45) is 5.38. The fourth-order valence-corrected chi connectivity index (χ4v) is 2.29. The summed E-state index contributed by atoms with van der Waals surface area (Å²) >= 11 is 3.43. The van der Waals surface area contributed by atoms with Crippen molar-refractivity contribution in [1.82, 2.24) is 4.90 Å². The summed E-state index contributed by atoms with van der Waals surface area (Å²) in [6, 6.07) is 0.317. The van der Waals surface area contributed by atoms with Gasteiger partial charge in [-0.05, 0) is 33.1 Å². The van der Waals surface area contributed by atoms with Crippen LogP contribution in [-0.4, -0.2) is 28.7 Å². The molecule has 0 saturated heterocycles. The predicted octanol–water partition coefficient (Wildman–Crippen LogP) is 4.22. The van der Waals surface area contributed by atoms with Crippen LogP contribution in [0, 0.1) is 5.92 Å². The molecule has 0 bridgehead atoms. The van der Waals surface area contributed by atoms with Crippen LogP contribution in [-0.2, 0) is 4.79 Å². The lowest BCUT2D eigenvalue weighted by Gasteiger charge is -2.30. The van der Waals surface area contributed by atoms with Gasteiger partial charge in [-0.15, -0.1) is 0 Å². The van der Waals surface area contributed by atoms with Gasteiger partial charge in [0.15, 0.2) is 0 Å². The summed E-state index contributed by atoms with van der Waals surface area (Å²) in [5.74, 6) is 0.588. The SMILES string of the molecule is CCCCC(CC)C(=O)N(CCCBr)C(C)C. The van der Waals surface area contributed by atoms with Crippen molar-refractivity contribution in [1.29, 1.82) is 0 Å². The van der Waals surface area contributed by atoms with E-state index in [1.807, 2.05) is 4.90 Å². The fraction of sp³-hybridized carbons (Fsp3) is 0.929. The molecule has 0 aromatic heterocycles. The summed E-state index contributed by atoms with van der Waals surface area (Å²) in [5.41, 5.74) is 0. The van der Waals surface area contributed by atoms with E-state index in [2.05, 4.69) is 43.6 Å². The van der Waals surface area contributed by atoms with E-state index >= 15 is 0 Å². The largest absolute Gasteiger partial charge is 0.340 e.